The lowest BCUT2D eigenvalue weighted by atomic mass is 9.96. The van der Waals surface area contributed by atoms with Crippen LogP contribution in [0, 0.1) is 12.8 Å². The predicted octanol–water partition coefficient (Wildman–Crippen LogP) is 1.89. The number of carbonyl (C=O) groups excluding carboxylic acids is 1. The second-order valence-electron chi connectivity index (χ2n) is 6.63. The van der Waals surface area contributed by atoms with E-state index in [9.17, 15) is 4.79 Å². The summed E-state index contributed by atoms with van der Waals surface area (Å²) < 4.78 is 0. The fraction of sp³-hybridized carbons (Fsp3) is 0.588. The first-order valence-electron chi connectivity index (χ1n) is 8.43. The van der Waals surface area contributed by atoms with Crippen molar-refractivity contribution < 1.29 is 4.79 Å². The normalized spacial score (nSPS) is 16.1. The zero-order valence-electron chi connectivity index (χ0n) is 14.6. The minimum absolute atomic E-state index is 0.116. The van der Waals surface area contributed by atoms with Crippen LogP contribution in [0.4, 0.5) is 5.82 Å². The summed E-state index contributed by atoms with van der Waals surface area (Å²) in [7, 11) is 4.03. The molecule has 0 radical (unpaired) electrons. The van der Waals surface area contributed by atoms with Crippen molar-refractivity contribution in [1.82, 2.24) is 20.2 Å². The second-order valence-corrected chi connectivity index (χ2v) is 7.86. The van der Waals surface area contributed by atoms with Gasteiger partial charge in [-0.1, -0.05) is 0 Å². The zero-order valence-corrected chi connectivity index (χ0v) is 15.4. The summed E-state index contributed by atoms with van der Waals surface area (Å²) in [5, 5.41) is 4.18. The van der Waals surface area contributed by atoms with Gasteiger partial charge in [0.1, 0.15) is 17.0 Å². The Bertz CT molecular complexity index is 706. The molecular weight excluding hydrogens is 322 g/mol. The summed E-state index contributed by atoms with van der Waals surface area (Å²) in [6, 6.07) is 2.16. The van der Waals surface area contributed by atoms with Crippen LogP contribution in [0.15, 0.2) is 12.4 Å². The van der Waals surface area contributed by atoms with Crippen LogP contribution in [0.25, 0.3) is 10.2 Å². The number of likely N-dealkylation sites (N-methyl/N-ethyl adjacent to an activating group) is 1. The van der Waals surface area contributed by atoms with E-state index in [2.05, 4.69) is 38.1 Å². The Balaban J connectivity index is 1.59. The number of hydrogen-bond donors (Lipinski definition) is 1. The van der Waals surface area contributed by atoms with Crippen molar-refractivity contribution >= 4 is 33.3 Å². The molecule has 1 amide bonds. The molecule has 130 valence electrons. The molecule has 0 saturated carbocycles. The van der Waals surface area contributed by atoms with Gasteiger partial charge < -0.3 is 15.1 Å². The Morgan fingerprint density at radius 1 is 1.38 bits per heavy atom. The van der Waals surface area contributed by atoms with Crippen LogP contribution in [-0.2, 0) is 4.79 Å². The van der Waals surface area contributed by atoms with Crippen molar-refractivity contribution in [3.05, 3.63) is 17.3 Å². The molecule has 2 aromatic rings. The van der Waals surface area contributed by atoms with Crippen LogP contribution >= 0.6 is 11.3 Å². The lowest BCUT2D eigenvalue weighted by Gasteiger charge is -2.32. The van der Waals surface area contributed by atoms with Gasteiger partial charge in [-0.2, -0.15) is 0 Å². The molecule has 1 aliphatic rings. The smallest absolute Gasteiger partial charge is 0.223 e. The van der Waals surface area contributed by atoms with Crippen LogP contribution in [0.1, 0.15) is 17.7 Å². The molecule has 0 aliphatic carbocycles. The van der Waals surface area contributed by atoms with E-state index in [1.165, 1.54) is 4.88 Å². The first-order valence-corrected chi connectivity index (χ1v) is 9.25. The van der Waals surface area contributed by atoms with Crippen LogP contribution in [0.3, 0.4) is 0 Å². The highest BCUT2D eigenvalue weighted by atomic mass is 32.1. The molecule has 1 fully saturated rings. The topological polar surface area (TPSA) is 61.4 Å². The summed E-state index contributed by atoms with van der Waals surface area (Å²) in [5.74, 6) is 1.32. The highest BCUT2D eigenvalue weighted by molar-refractivity contribution is 7.18. The van der Waals surface area contributed by atoms with Gasteiger partial charge in [-0.3, -0.25) is 4.79 Å². The molecule has 3 rings (SSSR count). The Hall–Kier alpha value is -1.73. The van der Waals surface area contributed by atoms with E-state index in [-0.39, 0.29) is 11.8 Å². The number of fused-ring (bicyclic) bond motifs is 1. The van der Waals surface area contributed by atoms with Gasteiger partial charge in [0.05, 0.1) is 5.39 Å². The maximum Gasteiger partial charge on any atom is 0.223 e. The minimum Gasteiger partial charge on any atom is -0.356 e. The van der Waals surface area contributed by atoms with Gasteiger partial charge in [-0.05, 0) is 39.9 Å². The number of anilines is 1. The van der Waals surface area contributed by atoms with Crippen molar-refractivity contribution in [3.63, 3.8) is 0 Å². The van der Waals surface area contributed by atoms with E-state index in [0.717, 1.165) is 48.5 Å². The summed E-state index contributed by atoms with van der Waals surface area (Å²) in [4.78, 5) is 27.8. The minimum atomic E-state index is 0.116. The molecule has 24 heavy (non-hydrogen) atoms. The standard InChI is InChI=1S/C17H25N5OS/c1-12-10-14-15(19-11-20-17(14)24-12)22-7-4-13(5-8-22)16(23)18-6-9-21(2)3/h10-11,13H,4-9H2,1-3H3,(H,18,23). The summed E-state index contributed by atoms with van der Waals surface area (Å²) >= 11 is 1.70. The fourth-order valence-electron chi connectivity index (χ4n) is 3.12. The van der Waals surface area contributed by atoms with Crippen LogP contribution in [0.2, 0.25) is 0 Å². The number of nitrogens with one attached hydrogen (secondary N) is 1. The quantitative estimate of drug-likeness (QED) is 0.895. The molecule has 7 heteroatoms. The largest absolute Gasteiger partial charge is 0.356 e. The SMILES string of the molecule is Cc1cc2c(N3CCC(C(=O)NCCN(C)C)CC3)ncnc2s1. The van der Waals surface area contributed by atoms with Crippen molar-refractivity contribution in [2.45, 2.75) is 19.8 Å². The van der Waals surface area contributed by atoms with Gasteiger partial charge in [0.2, 0.25) is 5.91 Å². The van der Waals surface area contributed by atoms with Gasteiger partial charge in [-0.15, -0.1) is 11.3 Å². The third-order valence-electron chi connectivity index (χ3n) is 4.46. The number of piperidine rings is 1. The van der Waals surface area contributed by atoms with Gasteiger partial charge in [0.25, 0.3) is 0 Å². The lowest BCUT2D eigenvalue weighted by Crippen LogP contribution is -2.42. The number of hydrogen-bond acceptors (Lipinski definition) is 6. The van der Waals surface area contributed by atoms with Gasteiger partial charge in [0, 0.05) is 37.0 Å². The predicted molar refractivity (Wildman–Crippen MR) is 98.7 cm³/mol. The van der Waals surface area contributed by atoms with Crippen molar-refractivity contribution in [1.29, 1.82) is 0 Å². The fourth-order valence-corrected chi connectivity index (χ4v) is 3.96. The van der Waals surface area contributed by atoms with Gasteiger partial charge in [0.15, 0.2) is 0 Å². The third-order valence-corrected chi connectivity index (χ3v) is 5.41. The first-order chi connectivity index (χ1) is 11.5. The average molecular weight is 347 g/mol. The zero-order chi connectivity index (χ0) is 17.1. The maximum absolute atomic E-state index is 12.3. The molecule has 0 atom stereocenters. The van der Waals surface area contributed by atoms with Crippen LogP contribution in [0.5, 0.6) is 0 Å². The molecule has 1 saturated heterocycles. The Kier molecular flexibility index (Phi) is 5.30. The third kappa shape index (κ3) is 3.84. The monoisotopic (exact) mass is 347 g/mol. The Labute approximate surface area is 146 Å². The molecule has 2 aromatic heterocycles. The highest BCUT2D eigenvalue weighted by Crippen LogP contribution is 2.31. The van der Waals surface area contributed by atoms with Crippen molar-refractivity contribution in [3.8, 4) is 0 Å². The molecule has 3 heterocycles. The summed E-state index contributed by atoms with van der Waals surface area (Å²) in [6.07, 6.45) is 3.40. The van der Waals surface area contributed by atoms with Crippen molar-refractivity contribution in [2.24, 2.45) is 5.92 Å². The molecule has 1 N–H and O–H groups in total. The van der Waals surface area contributed by atoms with Crippen LogP contribution < -0.4 is 10.2 Å². The van der Waals surface area contributed by atoms with E-state index >= 15 is 0 Å². The molecular formula is C17H25N5OS. The number of aryl methyl sites for hydroxylation is 1. The second kappa shape index (κ2) is 7.44. The number of rotatable bonds is 5. The van der Waals surface area contributed by atoms with E-state index in [0.29, 0.717) is 6.54 Å². The Morgan fingerprint density at radius 2 is 2.12 bits per heavy atom. The molecule has 0 spiro atoms. The molecule has 6 nitrogen and oxygen atoms in total. The van der Waals surface area contributed by atoms with Gasteiger partial charge >= 0.3 is 0 Å². The number of aromatic nitrogens is 2. The lowest BCUT2D eigenvalue weighted by molar-refractivity contribution is -0.125. The first kappa shape index (κ1) is 17.1. The molecule has 1 aliphatic heterocycles. The number of thiophene rings is 1. The average Bonchev–Trinajstić information content (AvgIpc) is 2.94. The number of nitrogens with zero attached hydrogens (tertiary/aromatic N) is 4. The van der Waals surface area contributed by atoms with E-state index < -0.39 is 0 Å². The number of carbonyl (C=O) groups is 1. The van der Waals surface area contributed by atoms with E-state index in [1.54, 1.807) is 17.7 Å². The highest BCUT2D eigenvalue weighted by Gasteiger charge is 2.26. The van der Waals surface area contributed by atoms with Gasteiger partial charge in [-0.25, -0.2) is 9.97 Å². The maximum atomic E-state index is 12.3. The molecule has 0 aromatic carbocycles. The summed E-state index contributed by atoms with van der Waals surface area (Å²) in [6.45, 7) is 5.42. The van der Waals surface area contributed by atoms with E-state index in [4.69, 9.17) is 0 Å². The van der Waals surface area contributed by atoms with Crippen LogP contribution in [-0.4, -0.2) is 61.0 Å². The van der Waals surface area contributed by atoms with Crippen molar-refractivity contribution in [2.75, 3.05) is 45.2 Å². The molecule has 0 unspecified atom stereocenters. The number of amides is 1. The molecule has 0 bridgehead atoms. The Morgan fingerprint density at radius 3 is 2.83 bits per heavy atom. The van der Waals surface area contributed by atoms with E-state index in [1.807, 2.05) is 14.1 Å². The summed E-state index contributed by atoms with van der Waals surface area (Å²) in [5.41, 5.74) is 0.